The van der Waals surface area contributed by atoms with Crippen LogP contribution in [0.2, 0.25) is 0 Å². The fourth-order valence-corrected chi connectivity index (χ4v) is 15.3. The van der Waals surface area contributed by atoms with E-state index in [1.165, 1.54) is 100 Å². The van der Waals surface area contributed by atoms with Gasteiger partial charge >= 0.3 is 0 Å². The van der Waals surface area contributed by atoms with Crippen molar-refractivity contribution in [3.8, 4) is 0 Å². The Hall–Kier alpha value is -6.00. The predicted octanol–water partition coefficient (Wildman–Crippen LogP) is 15.2. The lowest BCUT2D eigenvalue weighted by molar-refractivity contribution is 0.403. The highest BCUT2D eigenvalue weighted by atomic mass is 16.3. The van der Waals surface area contributed by atoms with E-state index in [-0.39, 0.29) is 39.2 Å². The number of aryl methyl sites for hydroxylation is 2. The summed E-state index contributed by atoms with van der Waals surface area (Å²) in [4.78, 5) is 5.32. The maximum absolute atomic E-state index is 6.98. The van der Waals surface area contributed by atoms with Gasteiger partial charge in [0.15, 0.2) is 5.58 Å². The summed E-state index contributed by atoms with van der Waals surface area (Å²) in [5.41, 5.74) is 27.4. The molecule has 7 aromatic carbocycles. The number of rotatable bonds is 2. The van der Waals surface area contributed by atoms with E-state index in [1.54, 1.807) is 0 Å². The lowest BCUT2D eigenvalue weighted by atomic mass is 9.33. The average molecular weight is 889 g/mol. The fourth-order valence-electron chi connectivity index (χ4n) is 15.3. The lowest BCUT2D eigenvalue weighted by Crippen LogP contribution is -2.62. The molecule has 5 aliphatic rings. The minimum atomic E-state index is -0.191. The van der Waals surface area contributed by atoms with Crippen LogP contribution in [-0.4, -0.2) is 6.71 Å². The molecule has 3 heterocycles. The lowest BCUT2D eigenvalue weighted by Gasteiger charge is -2.47. The van der Waals surface area contributed by atoms with E-state index >= 15 is 0 Å². The molecule has 340 valence electrons. The third-order valence-electron chi connectivity index (χ3n) is 18.0. The van der Waals surface area contributed by atoms with Gasteiger partial charge in [0, 0.05) is 50.0 Å². The van der Waals surface area contributed by atoms with Crippen molar-refractivity contribution in [3.05, 3.63) is 171 Å². The summed E-state index contributed by atoms with van der Waals surface area (Å²) in [7, 11) is 0. The summed E-state index contributed by atoms with van der Waals surface area (Å²) in [6, 6.07) is 45.2. The van der Waals surface area contributed by atoms with Crippen molar-refractivity contribution in [2.75, 3.05) is 9.80 Å². The Morgan fingerprint density at radius 3 is 1.43 bits per heavy atom. The molecule has 2 aliphatic heterocycles. The summed E-state index contributed by atoms with van der Waals surface area (Å²) >= 11 is 0. The van der Waals surface area contributed by atoms with E-state index in [0.717, 1.165) is 40.5 Å². The number of fused-ring (bicyclic) bond motifs is 11. The largest absolute Gasteiger partial charge is 0.454 e. The monoisotopic (exact) mass is 889 g/mol. The van der Waals surface area contributed by atoms with Crippen LogP contribution in [0.1, 0.15) is 152 Å². The molecule has 0 saturated heterocycles. The molecule has 0 atom stereocenters. The van der Waals surface area contributed by atoms with Crippen molar-refractivity contribution < 1.29 is 4.42 Å². The Kier molecular flexibility index (Phi) is 8.05. The molecule has 3 aliphatic carbocycles. The van der Waals surface area contributed by atoms with Crippen LogP contribution in [0.25, 0.3) is 21.9 Å². The molecule has 0 N–H and O–H groups in total. The highest BCUT2D eigenvalue weighted by Gasteiger charge is 2.51. The van der Waals surface area contributed by atoms with Gasteiger partial charge in [-0.1, -0.05) is 156 Å². The summed E-state index contributed by atoms with van der Waals surface area (Å²) in [6.07, 6.45) is 2.22. The van der Waals surface area contributed by atoms with Gasteiger partial charge in [-0.25, -0.2) is 0 Å². The van der Waals surface area contributed by atoms with Crippen molar-refractivity contribution in [3.63, 3.8) is 0 Å². The second-order valence-corrected chi connectivity index (χ2v) is 25.4. The molecular formula is C64H65BN2O. The number of anilines is 6. The molecule has 13 rings (SSSR count). The number of furan rings is 1. The molecule has 0 spiro atoms. The molecule has 4 heteroatoms. The van der Waals surface area contributed by atoms with Crippen LogP contribution in [-0.2, 0) is 32.5 Å². The molecular weight excluding hydrogens is 824 g/mol. The van der Waals surface area contributed by atoms with Gasteiger partial charge in [-0.2, -0.15) is 0 Å². The van der Waals surface area contributed by atoms with Gasteiger partial charge in [-0.15, -0.1) is 0 Å². The van der Waals surface area contributed by atoms with Crippen LogP contribution >= 0.6 is 0 Å². The number of nitrogens with zero attached hydrogens (tertiary/aromatic N) is 2. The fraction of sp³-hybridized carbons (Fsp3) is 0.344. The zero-order chi connectivity index (χ0) is 47.6. The van der Waals surface area contributed by atoms with Gasteiger partial charge in [-0.05, 0) is 163 Å². The third kappa shape index (κ3) is 5.33. The third-order valence-corrected chi connectivity index (χ3v) is 18.0. The van der Waals surface area contributed by atoms with E-state index in [0.29, 0.717) is 0 Å². The minimum Gasteiger partial charge on any atom is -0.454 e. The number of hydrogen-bond donors (Lipinski definition) is 0. The van der Waals surface area contributed by atoms with E-state index < -0.39 is 0 Å². The quantitative estimate of drug-likeness (QED) is 0.161. The first-order valence-corrected chi connectivity index (χ1v) is 25.3. The summed E-state index contributed by atoms with van der Waals surface area (Å²) in [6.45, 7) is 34.2. The highest BCUT2D eigenvalue weighted by molar-refractivity contribution is 7.00. The normalized spacial score (nSPS) is 19.8. The standard InChI is InChI=1S/C64H65BN2O/c1-36-26-54-57-55(27-36)67(51-33-47-46(28-37(51)2)63(11,12)40-22-16-17-23-41(40)64(47,13)14)53-32-45-43(60(5,6)35-62(45,9)10)30-49(53)65(57)48-29-42-44(61(7,8)34-59(42,3)4)31-52(48)66(54)50-24-19-21-39-38-20-15-18-25-56(38)68-58(39)50/h15-33H,34-35H2,1-14H3. The first-order chi connectivity index (χ1) is 32.0. The summed E-state index contributed by atoms with van der Waals surface area (Å²) in [5, 5.41) is 2.30. The maximum atomic E-state index is 6.98. The van der Waals surface area contributed by atoms with Gasteiger partial charge in [0.2, 0.25) is 0 Å². The molecule has 0 bridgehead atoms. The maximum Gasteiger partial charge on any atom is 0.252 e. The zero-order valence-corrected chi connectivity index (χ0v) is 42.8. The number of benzene rings is 7. The van der Waals surface area contributed by atoms with Gasteiger partial charge in [-0.3, -0.25) is 0 Å². The molecule has 1 aromatic heterocycles. The van der Waals surface area contributed by atoms with E-state index in [4.69, 9.17) is 4.42 Å². The van der Waals surface area contributed by atoms with Crippen molar-refractivity contribution in [2.45, 2.75) is 142 Å². The Morgan fingerprint density at radius 2 is 0.868 bits per heavy atom. The first kappa shape index (κ1) is 42.1. The van der Waals surface area contributed by atoms with Crippen LogP contribution in [0.4, 0.5) is 34.1 Å². The Morgan fingerprint density at radius 1 is 0.412 bits per heavy atom. The van der Waals surface area contributed by atoms with E-state index in [2.05, 4.69) is 222 Å². The molecule has 0 saturated carbocycles. The molecule has 68 heavy (non-hydrogen) atoms. The molecule has 0 amide bonds. The molecule has 0 radical (unpaired) electrons. The van der Waals surface area contributed by atoms with Gasteiger partial charge in [0.25, 0.3) is 6.71 Å². The van der Waals surface area contributed by atoms with E-state index in [1.807, 2.05) is 0 Å². The van der Waals surface area contributed by atoms with E-state index in [9.17, 15) is 0 Å². The van der Waals surface area contributed by atoms with Crippen molar-refractivity contribution in [1.29, 1.82) is 0 Å². The van der Waals surface area contributed by atoms with Gasteiger partial charge in [0.1, 0.15) is 5.58 Å². The second-order valence-electron chi connectivity index (χ2n) is 25.4. The van der Waals surface area contributed by atoms with Gasteiger partial charge < -0.3 is 14.2 Å². The number of para-hydroxylation sites is 2. The Labute approximate surface area is 404 Å². The molecule has 0 fully saturated rings. The van der Waals surface area contributed by atoms with Crippen LogP contribution in [0.5, 0.6) is 0 Å². The first-order valence-electron chi connectivity index (χ1n) is 25.3. The molecule has 3 nitrogen and oxygen atoms in total. The topological polar surface area (TPSA) is 19.6 Å². The Bertz CT molecular complexity index is 3570. The Balaban J connectivity index is 1.17. The summed E-state index contributed by atoms with van der Waals surface area (Å²) < 4.78 is 6.98. The zero-order valence-electron chi connectivity index (χ0n) is 42.8. The average Bonchev–Trinajstić information content (AvgIpc) is 3.81. The van der Waals surface area contributed by atoms with Crippen LogP contribution < -0.4 is 26.2 Å². The van der Waals surface area contributed by atoms with Crippen LogP contribution in [0.15, 0.2) is 120 Å². The SMILES string of the molecule is Cc1cc2c3c(c1)N(c1cccc4c1oc1ccccc14)c1cc4c(cc1B3c1cc3c(cc1N2c1cc2c(cc1C)C(C)(C)c1ccccc1C2(C)C)C(C)(C)CC3(C)C)C(C)(C)CC4(C)C. The molecule has 0 unspecified atom stereocenters. The highest BCUT2D eigenvalue weighted by Crippen LogP contribution is 2.57. The second kappa shape index (κ2) is 13.0. The molecule has 8 aromatic rings. The van der Waals surface area contributed by atoms with Gasteiger partial charge in [0.05, 0.1) is 5.69 Å². The van der Waals surface area contributed by atoms with Crippen molar-refractivity contribution in [2.24, 2.45) is 0 Å². The predicted molar refractivity (Wildman–Crippen MR) is 289 cm³/mol. The van der Waals surface area contributed by atoms with Crippen molar-refractivity contribution >= 4 is 79.2 Å². The number of hydrogen-bond acceptors (Lipinski definition) is 3. The smallest absolute Gasteiger partial charge is 0.252 e. The minimum absolute atomic E-state index is 0.0165. The van der Waals surface area contributed by atoms with Crippen LogP contribution in [0.3, 0.4) is 0 Å². The van der Waals surface area contributed by atoms with Crippen LogP contribution in [0, 0.1) is 13.8 Å². The van der Waals surface area contributed by atoms with Crippen molar-refractivity contribution in [1.82, 2.24) is 0 Å². The summed E-state index contributed by atoms with van der Waals surface area (Å²) in [5.74, 6) is 0.